The summed E-state index contributed by atoms with van der Waals surface area (Å²) in [6.45, 7) is 5.15. The Labute approximate surface area is 136 Å². The predicted molar refractivity (Wildman–Crippen MR) is 91.4 cm³/mol. The molecular weight excluding hydrogens is 288 g/mol. The fraction of sp³-hybridized carbons (Fsp3) is 0.200. The summed E-state index contributed by atoms with van der Waals surface area (Å²) in [7, 11) is 0. The van der Waals surface area contributed by atoms with E-state index in [0.29, 0.717) is 12.2 Å². The first kappa shape index (κ1) is 16.7. The minimum atomic E-state index is -0.336. The first-order valence-electron chi connectivity index (χ1n) is 7.50. The van der Waals surface area contributed by atoms with Crippen molar-refractivity contribution in [3.8, 4) is 5.75 Å². The number of ether oxygens (including phenoxy) is 1. The highest BCUT2D eigenvalue weighted by Crippen LogP contribution is 2.25. The van der Waals surface area contributed by atoms with Crippen molar-refractivity contribution in [1.29, 1.82) is 0 Å². The number of esters is 1. The van der Waals surface area contributed by atoms with E-state index in [0.717, 1.165) is 22.3 Å². The fourth-order valence-electron chi connectivity index (χ4n) is 2.43. The maximum atomic E-state index is 12.0. The minimum absolute atomic E-state index is 0.0515. The molecule has 0 heterocycles. The van der Waals surface area contributed by atoms with Crippen LogP contribution in [0.3, 0.4) is 0 Å². The van der Waals surface area contributed by atoms with Crippen molar-refractivity contribution in [3.05, 3.63) is 70.8 Å². The topological polar surface area (TPSA) is 43.4 Å². The Hall–Kier alpha value is -2.68. The molecule has 118 valence electrons. The van der Waals surface area contributed by atoms with Crippen molar-refractivity contribution in [2.45, 2.75) is 27.2 Å². The Bertz CT molecular complexity index is 720. The van der Waals surface area contributed by atoms with Gasteiger partial charge in [0, 0.05) is 13.3 Å². The molecule has 0 atom stereocenters. The van der Waals surface area contributed by atoms with Gasteiger partial charge in [0.15, 0.2) is 5.78 Å². The van der Waals surface area contributed by atoms with Gasteiger partial charge in [-0.3, -0.25) is 9.59 Å². The van der Waals surface area contributed by atoms with Gasteiger partial charge in [-0.05, 0) is 54.3 Å². The van der Waals surface area contributed by atoms with Crippen LogP contribution in [0, 0.1) is 13.8 Å². The average Bonchev–Trinajstić information content (AvgIpc) is 2.50. The Balaban J connectivity index is 2.10. The molecule has 0 radical (unpaired) electrons. The van der Waals surface area contributed by atoms with E-state index in [4.69, 9.17) is 4.74 Å². The molecule has 0 unspecified atom stereocenters. The summed E-state index contributed by atoms with van der Waals surface area (Å²) in [5, 5.41) is 0. The van der Waals surface area contributed by atoms with Gasteiger partial charge >= 0.3 is 5.97 Å². The number of rotatable bonds is 5. The second-order valence-electron chi connectivity index (χ2n) is 5.54. The lowest BCUT2D eigenvalue weighted by Crippen LogP contribution is -2.04. The summed E-state index contributed by atoms with van der Waals surface area (Å²) in [6, 6.07) is 13.5. The van der Waals surface area contributed by atoms with Gasteiger partial charge in [0.05, 0.1) is 0 Å². The third-order valence-electron chi connectivity index (χ3n) is 3.41. The van der Waals surface area contributed by atoms with Crippen LogP contribution in [0.25, 0.3) is 6.08 Å². The highest BCUT2D eigenvalue weighted by Gasteiger charge is 2.08. The van der Waals surface area contributed by atoms with Crippen LogP contribution in [0.2, 0.25) is 0 Å². The monoisotopic (exact) mass is 308 g/mol. The molecule has 3 nitrogen and oxygen atoms in total. The summed E-state index contributed by atoms with van der Waals surface area (Å²) < 4.78 is 5.21. The van der Waals surface area contributed by atoms with E-state index < -0.39 is 0 Å². The molecule has 0 aliphatic rings. The number of hydrogen-bond acceptors (Lipinski definition) is 3. The molecular formula is C20H20O3. The SMILES string of the molecule is CC(=O)Oc1c(C)cc(/C=C/C(=O)Cc2ccccc2)cc1C. The van der Waals surface area contributed by atoms with Crippen molar-refractivity contribution < 1.29 is 14.3 Å². The van der Waals surface area contributed by atoms with E-state index in [9.17, 15) is 9.59 Å². The van der Waals surface area contributed by atoms with Gasteiger partial charge < -0.3 is 4.74 Å². The number of ketones is 1. The van der Waals surface area contributed by atoms with Gasteiger partial charge in [0.1, 0.15) is 5.75 Å². The second-order valence-corrected chi connectivity index (χ2v) is 5.54. The lowest BCUT2D eigenvalue weighted by Gasteiger charge is -2.10. The number of benzene rings is 2. The summed E-state index contributed by atoms with van der Waals surface area (Å²) in [5.74, 6) is 0.304. The average molecular weight is 308 g/mol. The van der Waals surface area contributed by atoms with Gasteiger partial charge in [-0.2, -0.15) is 0 Å². The normalized spacial score (nSPS) is 10.7. The number of hydrogen-bond donors (Lipinski definition) is 0. The summed E-state index contributed by atoms with van der Waals surface area (Å²) >= 11 is 0. The molecule has 0 spiro atoms. The molecule has 0 fully saturated rings. The summed E-state index contributed by atoms with van der Waals surface area (Å²) in [6.07, 6.45) is 3.77. The Morgan fingerprint density at radius 2 is 1.65 bits per heavy atom. The zero-order valence-corrected chi connectivity index (χ0v) is 13.6. The third kappa shape index (κ3) is 4.92. The van der Waals surface area contributed by atoms with Crippen LogP contribution < -0.4 is 4.74 Å². The fourth-order valence-corrected chi connectivity index (χ4v) is 2.43. The maximum Gasteiger partial charge on any atom is 0.308 e. The highest BCUT2D eigenvalue weighted by molar-refractivity contribution is 5.95. The summed E-state index contributed by atoms with van der Waals surface area (Å²) in [4.78, 5) is 23.1. The first-order chi connectivity index (χ1) is 11.0. The molecule has 2 rings (SSSR count). The molecule has 0 bridgehead atoms. The van der Waals surface area contributed by atoms with Crippen LogP contribution in [0.4, 0.5) is 0 Å². The van der Waals surface area contributed by atoms with Gasteiger partial charge in [-0.25, -0.2) is 0 Å². The largest absolute Gasteiger partial charge is 0.426 e. The third-order valence-corrected chi connectivity index (χ3v) is 3.41. The van der Waals surface area contributed by atoms with Crippen molar-refractivity contribution in [2.24, 2.45) is 0 Å². The van der Waals surface area contributed by atoms with Gasteiger partial charge in [0.2, 0.25) is 0 Å². The van der Waals surface area contributed by atoms with Gasteiger partial charge in [-0.1, -0.05) is 36.4 Å². The van der Waals surface area contributed by atoms with Crippen LogP contribution in [-0.2, 0) is 16.0 Å². The molecule has 0 saturated heterocycles. The molecule has 23 heavy (non-hydrogen) atoms. The molecule has 0 N–H and O–H groups in total. The van der Waals surface area contributed by atoms with E-state index in [1.807, 2.05) is 56.3 Å². The number of allylic oxidation sites excluding steroid dienone is 1. The van der Waals surface area contributed by atoms with Crippen molar-refractivity contribution in [1.82, 2.24) is 0 Å². The van der Waals surface area contributed by atoms with Crippen molar-refractivity contribution in [3.63, 3.8) is 0 Å². The van der Waals surface area contributed by atoms with Gasteiger partial charge in [-0.15, -0.1) is 0 Å². The zero-order chi connectivity index (χ0) is 16.8. The van der Waals surface area contributed by atoms with Crippen LogP contribution in [0.15, 0.2) is 48.5 Å². The number of aryl methyl sites for hydroxylation is 2. The van der Waals surface area contributed by atoms with E-state index in [2.05, 4.69) is 0 Å². The quantitative estimate of drug-likeness (QED) is 0.475. The van der Waals surface area contributed by atoms with Crippen LogP contribution in [-0.4, -0.2) is 11.8 Å². The Kier molecular flexibility index (Phi) is 5.47. The first-order valence-corrected chi connectivity index (χ1v) is 7.50. The number of carbonyl (C=O) groups is 2. The predicted octanol–water partition coefficient (Wildman–Crippen LogP) is 4.05. The second kappa shape index (κ2) is 7.54. The van der Waals surface area contributed by atoms with Crippen LogP contribution in [0.5, 0.6) is 5.75 Å². The van der Waals surface area contributed by atoms with Crippen molar-refractivity contribution in [2.75, 3.05) is 0 Å². The van der Waals surface area contributed by atoms with Crippen LogP contribution in [0.1, 0.15) is 29.2 Å². The van der Waals surface area contributed by atoms with E-state index in [1.165, 1.54) is 6.92 Å². The lowest BCUT2D eigenvalue weighted by molar-refractivity contribution is -0.132. The molecule has 0 amide bonds. The molecule has 3 heteroatoms. The maximum absolute atomic E-state index is 12.0. The van der Waals surface area contributed by atoms with E-state index in [-0.39, 0.29) is 11.8 Å². The molecule has 2 aromatic carbocycles. The smallest absolute Gasteiger partial charge is 0.308 e. The minimum Gasteiger partial charge on any atom is -0.426 e. The van der Waals surface area contributed by atoms with Crippen LogP contribution >= 0.6 is 0 Å². The molecule has 0 aromatic heterocycles. The molecule has 0 aliphatic heterocycles. The lowest BCUT2D eigenvalue weighted by atomic mass is 10.0. The Morgan fingerprint density at radius 1 is 1.04 bits per heavy atom. The Morgan fingerprint density at radius 3 is 2.22 bits per heavy atom. The summed E-state index contributed by atoms with van der Waals surface area (Å²) in [5.41, 5.74) is 3.66. The molecule has 2 aromatic rings. The highest BCUT2D eigenvalue weighted by atomic mass is 16.5. The van der Waals surface area contributed by atoms with E-state index in [1.54, 1.807) is 12.2 Å². The van der Waals surface area contributed by atoms with Crippen molar-refractivity contribution >= 4 is 17.8 Å². The van der Waals surface area contributed by atoms with Gasteiger partial charge in [0.25, 0.3) is 0 Å². The molecule has 0 saturated carbocycles. The standard InChI is InChI=1S/C20H20O3/c1-14-11-18(12-15(2)20(14)23-16(3)21)9-10-19(22)13-17-7-5-4-6-8-17/h4-12H,13H2,1-3H3/b10-9+. The number of carbonyl (C=O) groups excluding carboxylic acids is 2. The molecule has 0 aliphatic carbocycles. The zero-order valence-electron chi connectivity index (χ0n) is 13.6. The van der Waals surface area contributed by atoms with E-state index >= 15 is 0 Å².